The van der Waals surface area contributed by atoms with E-state index in [-0.39, 0.29) is 11.5 Å². The van der Waals surface area contributed by atoms with E-state index in [1.165, 1.54) is 70.1 Å². The van der Waals surface area contributed by atoms with E-state index in [2.05, 4.69) is 100 Å². The predicted molar refractivity (Wildman–Crippen MR) is 194 cm³/mol. The highest BCUT2D eigenvalue weighted by molar-refractivity contribution is 5.37. The van der Waals surface area contributed by atoms with Crippen molar-refractivity contribution in [3.63, 3.8) is 0 Å². The predicted octanol–water partition coefficient (Wildman–Crippen LogP) is 13.5. The third kappa shape index (κ3) is 25.7. The number of halogens is 3. The molecule has 4 heteroatoms. The second-order valence-corrected chi connectivity index (χ2v) is 15.1. The highest BCUT2D eigenvalue weighted by atomic mass is 19.3. The summed E-state index contributed by atoms with van der Waals surface area (Å²) in [5, 5.41) is 3.37. The highest BCUT2D eigenvalue weighted by Crippen LogP contribution is 2.38. The largest absolute Gasteiger partial charge is 0.313 e. The topological polar surface area (TPSA) is 12.0 Å². The Bertz CT molecular complexity index is 818. The van der Waals surface area contributed by atoms with Crippen molar-refractivity contribution in [1.29, 1.82) is 0 Å². The van der Waals surface area contributed by atoms with Gasteiger partial charge in [0.15, 0.2) is 0 Å². The Morgan fingerprint density at radius 2 is 1.45 bits per heavy atom. The fraction of sp³-hybridized carbons (Fsp3) is 0.750. The number of allylic oxidation sites excluding steroid dienone is 6. The molecule has 1 rings (SSSR count). The normalized spacial score (nSPS) is 16.6. The van der Waals surface area contributed by atoms with Gasteiger partial charge in [-0.2, -0.15) is 0 Å². The molecule has 44 heavy (non-hydrogen) atoms. The molecular formula is C40H74F3N. The second-order valence-electron chi connectivity index (χ2n) is 15.1. The summed E-state index contributed by atoms with van der Waals surface area (Å²) in [4.78, 5) is 0. The Kier molecular flexibility index (Phi) is 25.3. The van der Waals surface area contributed by atoms with Gasteiger partial charge >= 0.3 is 0 Å². The van der Waals surface area contributed by atoms with Gasteiger partial charge in [0.05, 0.1) is 0 Å². The molecule has 0 radical (unpaired) electrons. The van der Waals surface area contributed by atoms with E-state index in [1.54, 1.807) is 6.08 Å². The standard InChI is InChI=1S/C14H19F3.C12H25N.C9H18.C5H12/c1-5-6-10-7-11(13(2,3)15)9-12(8-10)14(4,16)17;1-6-8-11(9-7-2)12(13-5)10(3)4;1-5-9(6-2)7-8(3)4;1-5(2,3)4/h5,8-10H,1,6-7H2,2-4H3;11-13H,3,6-9H2,1-2,4-5H3;5,8-9H,1,6-7H2,2-4H3;1-4H3. The van der Waals surface area contributed by atoms with Crippen LogP contribution in [-0.2, 0) is 0 Å². The van der Waals surface area contributed by atoms with Crippen LogP contribution in [0.4, 0.5) is 13.2 Å². The van der Waals surface area contributed by atoms with Crippen molar-refractivity contribution in [3.8, 4) is 0 Å². The maximum Gasteiger partial charge on any atom is 0.270 e. The van der Waals surface area contributed by atoms with Crippen LogP contribution in [0.5, 0.6) is 0 Å². The van der Waals surface area contributed by atoms with Gasteiger partial charge in [0.2, 0.25) is 0 Å². The average Bonchev–Trinajstić information content (AvgIpc) is 2.86. The zero-order valence-electron chi connectivity index (χ0n) is 31.6. The summed E-state index contributed by atoms with van der Waals surface area (Å²) in [6, 6.07) is 0.514. The van der Waals surface area contributed by atoms with E-state index in [0.29, 0.717) is 29.9 Å². The van der Waals surface area contributed by atoms with Gasteiger partial charge in [0, 0.05) is 18.5 Å². The summed E-state index contributed by atoms with van der Waals surface area (Å²) in [6.07, 6.45) is 15.4. The van der Waals surface area contributed by atoms with Gasteiger partial charge < -0.3 is 5.32 Å². The monoisotopic (exact) mass is 626 g/mol. The number of hydrogen-bond acceptors (Lipinski definition) is 1. The number of nitrogens with one attached hydrogen (secondary N) is 1. The second kappa shape index (κ2) is 23.7. The van der Waals surface area contributed by atoms with Crippen molar-refractivity contribution in [2.45, 2.75) is 159 Å². The van der Waals surface area contributed by atoms with Gasteiger partial charge in [-0.15, -0.1) is 13.2 Å². The minimum atomic E-state index is -2.92. The lowest BCUT2D eigenvalue weighted by molar-refractivity contribution is 0.0656. The van der Waals surface area contributed by atoms with Crippen LogP contribution in [0.1, 0.15) is 141 Å². The summed E-state index contributed by atoms with van der Waals surface area (Å²) in [5.74, 6) is -0.671. The molecule has 0 aromatic heterocycles. The van der Waals surface area contributed by atoms with E-state index < -0.39 is 11.6 Å². The highest BCUT2D eigenvalue weighted by Gasteiger charge is 2.33. The molecule has 0 aliphatic heterocycles. The van der Waals surface area contributed by atoms with Crippen LogP contribution in [0.25, 0.3) is 0 Å². The summed E-state index contributed by atoms with van der Waals surface area (Å²) in [5.41, 5.74) is 0.568. The quantitative estimate of drug-likeness (QED) is 0.179. The van der Waals surface area contributed by atoms with Gasteiger partial charge in [0.1, 0.15) is 5.67 Å². The molecular weight excluding hydrogens is 551 g/mol. The van der Waals surface area contributed by atoms with Crippen LogP contribution in [0, 0.1) is 29.1 Å². The first-order chi connectivity index (χ1) is 20.0. The molecule has 0 saturated carbocycles. The molecule has 0 spiro atoms. The van der Waals surface area contributed by atoms with Gasteiger partial charge in [-0.05, 0) is 101 Å². The summed E-state index contributed by atoms with van der Waals surface area (Å²) in [6.45, 7) is 37.2. The zero-order valence-corrected chi connectivity index (χ0v) is 31.6. The molecule has 1 aliphatic rings. The molecule has 1 aliphatic carbocycles. The van der Waals surface area contributed by atoms with Crippen LogP contribution in [0.2, 0.25) is 0 Å². The number of rotatable bonds is 15. The number of alkyl halides is 3. The van der Waals surface area contributed by atoms with Gasteiger partial charge in [-0.1, -0.05) is 112 Å². The lowest BCUT2D eigenvalue weighted by Gasteiger charge is -2.28. The van der Waals surface area contributed by atoms with Crippen LogP contribution in [0.3, 0.4) is 0 Å². The first kappa shape index (κ1) is 46.9. The van der Waals surface area contributed by atoms with E-state index in [1.807, 2.05) is 7.05 Å². The van der Waals surface area contributed by atoms with E-state index in [4.69, 9.17) is 0 Å². The Morgan fingerprint density at radius 3 is 1.70 bits per heavy atom. The van der Waals surface area contributed by atoms with Crippen molar-refractivity contribution in [2.75, 3.05) is 7.05 Å². The van der Waals surface area contributed by atoms with Crippen LogP contribution in [-0.4, -0.2) is 24.7 Å². The molecule has 0 amide bonds. The van der Waals surface area contributed by atoms with Crippen LogP contribution >= 0.6 is 0 Å². The van der Waals surface area contributed by atoms with Crippen molar-refractivity contribution in [3.05, 3.63) is 60.8 Å². The molecule has 0 aromatic rings. The molecule has 1 nitrogen and oxygen atoms in total. The minimum absolute atomic E-state index is 0.0802. The van der Waals surface area contributed by atoms with Gasteiger partial charge in [-0.25, -0.2) is 13.2 Å². The average molecular weight is 626 g/mol. The van der Waals surface area contributed by atoms with Crippen molar-refractivity contribution < 1.29 is 13.2 Å². The Hall–Kier alpha value is -1.55. The SMILES string of the molecule is C=C(C)C(NC)C(CCC)CCC.C=CC(CC)CC(C)C.C=CCC1C=C(C(C)(F)F)C=C(C(C)(C)F)C1.CC(C)(C)C. The molecule has 0 aromatic carbocycles. The lowest BCUT2D eigenvalue weighted by Crippen LogP contribution is -2.34. The maximum absolute atomic E-state index is 13.9. The van der Waals surface area contributed by atoms with E-state index in [0.717, 1.165) is 24.7 Å². The van der Waals surface area contributed by atoms with Gasteiger partial charge in [0.25, 0.3) is 5.92 Å². The molecule has 0 fully saturated rings. The van der Waals surface area contributed by atoms with Crippen molar-refractivity contribution in [2.24, 2.45) is 29.1 Å². The molecule has 0 heterocycles. The summed E-state index contributed by atoms with van der Waals surface area (Å²) in [7, 11) is 2.04. The number of hydrogen-bond donors (Lipinski definition) is 1. The van der Waals surface area contributed by atoms with Crippen LogP contribution in [0.15, 0.2) is 60.8 Å². The molecule has 1 N–H and O–H groups in total. The summed E-state index contributed by atoms with van der Waals surface area (Å²) < 4.78 is 40.5. The van der Waals surface area contributed by atoms with Crippen LogP contribution < -0.4 is 5.32 Å². The van der Waals surface area contributed by atoms with Crippen molar-refractivity contribution >= 4 is 0 Å². The molecule has 0 saturated heterocycles. The zero-order chi connectivity index (χ0) is 35.3. The summed E-state index contributed by atoms with van der Waals surface area (Å²) >= 11 is 0. The molecule has 3 atom stereocenters. The molecule has 260 valence electrons. The Balaban J connectivity index is -0.000000553. The first-order valence-corrected chi connectivity index (χ1v) is 17.1. The smallest absolute Gasteiger partial charge is 0.270 e. The van der Waals surface area contributed by atoms with E-state index >= 15 is 0 Å². The Morgan fingerprint density at radius 1 is 0.977 bits per heavy atom. The maximum atomic E-state index is 13.9. The molecule has 3 unspecified atom stereocenters. The third-order valence-electron chi connectivity index (χ3n) is 7.23. The number of likely N-dealkylation sites (N-methyl/N-ethyl adjacent to an activating group) is 1. The van der Waals surface area contributed by atoms with E-state index in [9.17, 15) is 13.2 Å². The molecule has 0 bridgehead atoms. The van der Waals surface area contributed by atoms with Gasteiger partial charge in [-0.3, -0.25) is 0 Å². The van der Waals surface area contributed by atoms with Crippen molar-refractivity contribution in [1.82, 2.24) is 5.32 Å². The fourth-order valence-electron chi connectivity index (χ4n) is 5.08. The first-order valence-electron chi connectivity index (χ1n) is 17.1. The fourth-order valence-corrected chi connectivity index (χ4v) is 5.08. The Labute approximate surface area is 274 Å². The minimum Gasteiger partial charge on any atom is -0.313 e. The third-order valence-corrected chi connectivity index (χ3v) is 7.23. The lowest BCUT2D eigenvalue weighted by atomic mass is 9.81.